The Morgan fingerprint density at radius 3 is 2.62 bits per heavy atom. The fraction of sp³-hybridized carbons (Fsp3) is 0.529. The van der Waals surface area contributed by atoms with Crippen molar-refractivity contribution in [2.24, 2.45) is 5.92 Å². The molecule has 132 valence electrons. The minimum Gasteiger partial charge on any atom is -0.338 e. The molecule has 7 heteroatoms. The van der Waals surface area contributed by atoms with E-state index in [1.54, 1.807) is 12.1 Å². The van der Waals surface area contributed by atoms with Gasteiger partial charge in [0.15, 0.2) is 0 Å². The van der Waals surface area contributed by atoms with Crippen LogP contribution in [0.5, 0.6) is 0 Å². The number of halogens is 2. The Hall–Kier alpha value is -1.50. The van der Waals surface area contributed by atoms with Crippen LogP contribution in [-0.2, 0) is 6.54 Å². The largest absolute Gasteiger partial charge is 0.338 e. The van der Waals surface area contributed by atoms with Crippen molar-refractivity contribution in [3.05, 3.63) is 36.0 Å². The molecular weight excluding hydrogens is 331 g/mol. The van der Waals surface area contributed by atoms with Gasteiger partial charge in [0.1, 0.15) is 5.82 Å². The van der Waals surface area contributed by atoms with Gasteiger partial charge in [-0.1, -0.05) is 12.1 Å². The van der Waals surface area contributed by atoms with Crippen LogP contribution in [0.25, 0.3) is 11.4 Å². The maximum Gasteiger partial charge on any atom is 0.241 e. The molecule has 0 spiro atoms. The quantitative estimate of drug-likeness (QED) is 0.863. The van der Waals surface area contributed by atoms with Gasteiger partial charge in [-0.2, -0.15) is 4.98 Å². The fourth-order valence-corrected chi connectivity index (χ4v) is 2.92. The van der Waals surface area contributed by atoms with Gasteiger partial charge < -0.3 is 9.84 Å². The van der Waals surface area contributed by atoms with Crippen LogP contribution in [0.3, 0.4) is 0 Å². The molecule has 0 atom stereocenters. The standard InChI is InChI=1S/C17H23FN4O.ClH/c1-2-19-11-13-7-9-22(10-8-13)12-16-20-17(21-23-16)14-3-5-15(18)6-4-14;/h3-6,13,19H,2,7-12H2,1H3;1H. The molecule has 1 fully saturated rings. The number of piperidine rings is 1. The van der Waals surface area contributed by atoms with Gasteiger partial charge in [-0.15, -0.1) is 12.4 Å². The number of benzene rings is 1. The summed E-state index contributed by atoms with van der Waals surface area (Å²) >= 11 is 0. The molecule has 3 rings (SSSR count). The Bertz CT molecular complexity index is 611. The van der Waals surface area contributed by atoms with E-state index in [2.05, 4.69) is 27.3 Å². The van der Waals surface area contributed by atoms with Crippen molar-refractivity contribution in [1.82, 2.24) is 20.4 Å². The molecule has 1 N–H and O–H groups in total. The second-order valence-electron chi connectivity index (χ2n) is 6.05. The Labute approximate surface area is 148 Å². The average molecular weight is 355 g/mol. The third-order valence-electron chi connectivity index (χ3n) is 4.32. The van der Waals surface area contributed by atoms with E-state index >= 15 is 0 Å². The molecule has 0 aliphatic carbocycles. The Morgan fingerprint density at radius 2 is 1.96 bits per heavy atom. The van der Waals surface area contributed by atoms with Gasteiger partial charge in [-0.25, -0.2) is 4.39 Å². The van der Waals surface area contributed by atoms with E-state index in [0.29, 0.717) is 18.3 Å². The molecule has 0 bridgehead atoms. The summed E-state index contributed by atoms with van der Waals surface area (Å²) in [7, 11) is 0. The summed E-state index contributed by atoms with van der Waals surface area (Å²) in [6.07, 6.45) is 2.40. The first kappa shape index (κ1) is 18.8. The molecule has 24 heavy (non-hydrogen) atoms. The molecule has 0 radical (unpaired) electrons. The van der Waals surface area contributed by atoms with Crippen LogP contribution >= 0.6 is 12.4 Å². The van der Waals surface area contributed by atoms with Crippen LogP contribution in [0.15, 0.2) is 28.8 Å². The fourth-order valence-electron chi connectivity index (χ4n) is 2.92. The lowest BCUT2D eigenvalue weighted by molar-refractivity contribution is 0.158. The van der Waals surface area contributed by atoms with Crippen LogP contribution in [0.1, 0.15) is 25.7 Å². The number of nitrogens with one attached hydrogen (secondary N) is 1. The molecule has 1 saturated heterocycles. The lowest BCUT2D eigenvalue weighted by Crippen LogP contribution is -2.36. The van der Waals surface area contributed by atoms with Crippen molar-refractivity contribution in [3.8, 4) is 11.4 Å². The van der Waals surface area contributed by atoms with E-state index in [4.69, 9.17) is 4.52 Å². The number of hydrogen-bond acceptors (Lipinski definition) is 5. The molecule has 0 saturated carbocycles. The Morgan fingerprint density at radius 1 is 1.25 bits per heavy atom. The number of likely N-dealkylation sites (tertiary alicyclic amines) is 1. The van der Waals surface area contributed by atoms with Gasteiger partial charge >= 0.3 is 0 Å². The normalized spacial score (nSPS) is 16.1. The highest BCUT2D eigenvalue weighted by atomic mass is 35.5. The number of rotatable bonds is 6. The van der Waals surface area contributed by atoms with Gasteiger partial charge in [-0.05, 0) is 69.2 Å². The Balaban J connectivity index is 0.00000208. The predicted octanol–water partition coefficient (Wildman–Crippen LogP) is 3.12. The van der Waals surface area contributed by atoms with E-state index in [-0.39, 0.29) is 18.2 Å². The SMILES string of the molecule is CCNCC1CCN(Cc2nc(-c3ccc(F)cc3)no2)CC1.Cl. The Kier molecular flexibility index (Phi) is 7.15. The molecule has 0 unspecified atom stereocenters. The number of aromatic nitrogens is 2. The molecule has 1 aromatic carbocycles. The zero-order valence-corrected chi connectivity index (χ0v) is 14.7. The van der Waals surface area contributed by atoms with Crippen LogP contribution in [0, 0.1) is 11.7 Å². The van der Waals surface area contributed by atoms with Crippen molar-refractivity contribution in [3.63, 3.8) is 0 Å². The third-order valence-corrected chi connectivity index (χ3v) is 4.32. The summed E-state index contributed by atoms with van der Waals surface area (Å²) in [5.41, 5.74) is 0.769. The van der Waals surface area contributed by atoms with Gasteiger partial charge in [-0.3, -0.25) is 4.90 Å². The molecule has 1 aliphatic rings. The number of hydrogen-bond donors (Lipinski definition) is 1. The van der Waals surface area contributed by atoms with Crippen LogP contribution in [-0.4, -0.2) is 41.2 Å². The maximum atomic E-state index is 13.0. The molecule has 0 amide bonds. The minimum atomic E-state index is -0.266. The topological polar surface area (TPSA) is 54.2 Å². The minimum absolute atomic E-state index is 0. The van der Waals surface area contributed by atoms with Gasteiger partial charge in [0.25, 0.3) is 0 Å². The monoisotopic (exact) mass is 354 g/mol. The van der Waals surface area contributed by atoms with Crippen LogP contribution < -0.4 is 5.32 Å². The smallest absolute Gasteiger partial charge is 0.241 e. The van der Waals surface area contributed by atoms with Crippen molar-refractivity contribution in [2.45, 2.75) is 26.3 Å². The zero-order valence-electron chi connectivity index (χ0n) is 13.9. The highest BCUT2D eigenvalue weighted by molar-refractivity contribution is 5.85. The van der Waals surface area contributed by atoms with E-state index in [1.807, 2.05) is 0 Å². The predicted molar refractivity (Wildman–Crippen MR) is 93.5 cm³/mol. The first-order valence-corrected chi connectivity index (χ1v) is 8.26. The maximum absolute atomic E-state index is 13.0. The molecule has 2 aromatic rings. The molecule has 2 heterocycles. The highest BCUT2D eigenvalue weighted by Gasteiger charge is 2.20. The second-order valence-corrected chi connectivity index (χ2v) is 6.05. The van der Waals surface area contributed by atoms with Crippen molar-refractivity contribution < 1.29 is 8.91 Å². The van der Waals surface area contributed by atoms with E-state index < -0.39 is 0 Å². The van der Waals surface area contributed by atoms with Crippen molar-refractivity contribution in [1.29, 1.82) is 0 Å². The lowest BCUT2D eigenvalue weighted by Gasteiger charge is -2.30. The van der Waals surface area contributed by atoms with Crippen LogP contribution in [0.4, 0.5) is 4.39 Å². The van der Waals surface area contributed by atoms with E-state index in [1.165, 1.54) is 25.0 Å². The van der Waals surface area contributed by atoms with Crippen molar-refractivity contribution >= 4 is 12.4 Å². The average Bonchev–Trinajstić information content (AvgIpc) is 3.03. The zero-order chi connectivity index (χ0) is 16.1. The van der Waals surface area contributed by atoms with Gasteiger partial charge in [0.05, 0.1) is 6.54 Å². The third kappa shape index (κ3) is 5.00. The molecule has 1 aromatic heterocycles. The second kappa shape index (κ2) is 9.11. The first-order valence-electron chi connectivity index (χ1n) is 8.26. The van der Waals surface area contributed by atoms with Crippen LogP contribution in [0.2, 0.25) is 0 Å². The molecule has 1 aliphatic heterocycles. The molecular formula is C17H24ClFN4O. The summed E-state index contributed by atoms with van der Waals surface area (Å²) in [6, 6.07) is 6.13. The summed E-state index contributed by atoms with van der Waals surface area (Å²) in [5, 5.41) is 7.41. The molecule has 5 nitrogen and oxygen atoms in total. The first-order chi connectivity index (χ1) is 11.2. The van der Waals surface area contributed by atoms with Gasteiger partial charge in [0, 0.05) is 5.56 Å². The summed E-state index contributed by atoms with van der Waals surface area (Å²) in [5.74, 6) is 1.64. The van der Waals surface area contributed by atoms with Gasteiger partial charge in [0.2, 0.25) is 11.7 Å². The number of nitrogens with zero attached hydrogens (tertiary/aromatic N) is 3. The van der Waals surface area contributed by atoms with E-state index in [0.717, 1.165) is 37.7 Å². The van der Waals surface area contributed by atoms with E-state index in [9.17, 15) is 4.39 Å². The highest BCUT2D eigenvalue weighted by Crippen LogP contribution is 2.20. The lowest BCUT2D eigenvalue weighted by atomic mass is 9.97. The summed E-state index contributed by atoms with van der Waals surface area (Å²) in [6.45, 7) is 7.09. The van der Waals surface area contributed by atoms with Crippen molar-refractivity contribution in [2.75, 3.05) is 26.2 Å². The summed E-state index contributed by atoms with van der Waals surface area (Å²) < 4.78 is 18.3. The summed E-state index contributed by atoms with van der Waals surface area (Å²) in [4.78, 5) is 6.77.